The van der Waals surface area contributed by atoms with Gasteiger partial charge >= 0.3 is 5.97 Å². The molecule has 3 N–H and O–H groups in total. The molecule has 1 unspecified atom stereocenters. The largest absolute Gasteiger partial charge is 0.504 e. The minimum Gasteiger partial charge on any atom is -0.504 e. The van der Waals surface area contributed by atoms with Gasteiger partial charge in [0.05, 0.1) is 12.1 Å². The monoisotopic (exact) mass is 246 g/mol. The number of benzene rings is 1. The van der Waals surface area contributed by atoms with Crippen molar-refractivity contribution in [3.05, 3.63) is 22.2 Å². The van der Waals surface area contributed by atoms with Crippen LogP contribution in [0.15, 0.2) is 6.07 Å². The number of hydrogen-bond acceptors (Lipinski definition) is 4. The predicted octanol–water partition coefficient (Wildman–Crippen LogP) is 1.48. The van der Waals surface area contributed by atoms with Crippen molar-refractivity contribution < 1.29 is 24.9 Å². The van der Waals surface area contributed by atoms with Crippen LogP contribution < -0.4 is 4.74 Å². The van der Waals surface area contributed by atoms with E-state index in [9.17, 15) is 15.0 Å². The van der Waals surface area contributed by atoms with Crippen LogP contribution in [0.2, 0.25) is 5.02 Å². The summed E-state index contributed by atoms with van der Waals surface area (Å²) in [6, 6.07) is 1.28. The standard InChI is InChI=1S/C10H11ClO5/c1-4-3-5(12)9(16-2)7(11)6(4)8(13)10(14)15/h3,8,12-13H,1-2H3,(H,14,15). The Labute approximate surface area is 96.9 Å². The van der Waals surface area contributed by atoms with Gasteiger partial charge in [-0.15, -0.1) is 0 Å². The first-order valence-corrected chi connectivity index (χ1v) is 4.74. The van der Waals surface area contributed by atoms with Crippen molar-refractivity contribution in [3.63, 3.8) is 0 Å². The van der Waals surface area contributed by atoms with Crippen molar-refractivity contribution in [2.75, 3.05) is 7.11 Å². The van der Waals surface area contributed by atoms with E-state index in [1.807, 2.05) is 0 Å². The van der Waals surface area contributed by atoms with E-state index < -0.39 is 12.1 Å². The van der Waals surface area contributed by atoms with E-state index in [0.717, 1.165) is 0 Å². The SMILES string of the molecule is COc1c(O)cc(C)c(C(O)C(=O)O)c1Cl. The van der Waals surface area contributed by atoms with Gasteiger partial charge in [0.15, 0.2) is 17.6 Å². The van der Waals surface area contributed by atoms with Crippen LogP contribution in [0.1, 0.15) is 17.2 Å². The summed E-state index contributed by atoms with van der Waals surface area (Å²) in [6.45, 7) is 1.53. The molecule has 0 aromatic heterocycles. The lowest BCUT2D eigenvalue weighted by Crippen LogP contribution is -2.13. The van der Waals surface area contributed by atoms with Crippen LogP contribution in [0.5, 0.6) is 11.5 Å². The fourth-order valence-electron chi connectivity index (χ4n) is 1.41. The molecule has 5 nitrogen and oxygen atoms in total. The van der Waals surface area contributed by atoms with E-state index in [-0.39, 0.29) is 22.1 Å². The molecule has 0 saturated heterocycles. The molecule has 0 aliphatic rings. The molecule has 88 valence electrons. The van der Waals surface area contributed by atoms with Crippen molar-refractivity contribution >= 4 is 17.6 Å². The molecule has 0 amide bonds. The minimum absolute atomic E-state index is 0.0174. The van der Waals surface area contributed by atoms with Crippen LogP contribution >= 0.6 is 11.6 Å². The Morgan fingerprint density at radius 3 is 2.56 bits per heavy atom. The van der Waals surface area contributed by atoms with Crippen LogP contribution in [0.3, 0.4) is 0 Å². The van der Waals surface area contributed by atoms with E-state index in [2.05, 4.69) is 0 Å². The topological polar surface area (TPSA) is 87.0 Å². The molecule has 1 aromatic carbocycles. The molecule has 0 radical (unpaired) electrons. The van der Waals surface area contributed by atoms with E-state index in [0.29, 0.717) is 5.56 Å². The number of phenolic OH excluding ortho intramolecular Hbond substituents is 1. The van der Waals surface area contributed by atoms with Crippen molar-refractivity contribution in [2.45, 2.75) is 13.0 Å². The summed E-state index contributed by atoms with van der Waals surface area (Å²) in [6.07, 6.45) is -1.75. The van der Waals surface area contributed by atoms with Gasteiger partial charge in [-0.2, -0.15) is 0 Å². The Hall–Kier alpha value is -1.46. The average molecular weight is 247 g/mol. The summed E-state index contributed by atoms with van der Waals surface area (Å²) < 4.78 is 4.82. The number of aryl methyl sites for hydroxylation is 1. The number of methoxy groups -OCH3 is 1. The number of aliphatic hydroxyl groups excluding tert-OH is 1. The number of hydrogen-bond donors (Lipinski definition) is 3. The number of carbonyl (C=O) groups is 1. The van der Waals surface area contributed by atoms with Gasteiger partial charge in [-0.05, 0) is 18.6 Å². The van der Waals surface area contributed by atoms with Gasteiger partial charge < -0.3 is 20.1 Å². The highest BCUT2D eigenvalue weighted by atomic mass is 35.5. The number of aliphatic hydroxyl groups is 1. The Bertz CT molecular complexity index is 430. The van der Waals surface area contributed by atoms with Crippen molar-refractivity contribution in [3.8, 4) is 11.5 Å². The highest BCUT2D eigenvalue weighted by Gasteiger charge is 2.25. The quantitative estimate of drug-likeness (QED) is 0.752. The lowest BCUT2D eigenvalue weighted by atomic mass is 10.0. The van der Waals surface area contributed by atoms with E-state index in [1.54, 1.807) is 0 Å². The highest BCUT2D eigenvalue weighted by Crippen LogP contribution is 2.41. The lowest BCUT2D eigenvalue weighted by Gasteiger charge is -2.15. The molecule has 1 aromatic rings. The van der Waals surface area contributed by atoms with Gasteiger partial charge in [-0.1, -0.05) is 11.6 Å². The second-order valence-corrected chi connectivity index (χ2v) is 3.59. The number of aromatic hydroxyl groups is 1. The van der Waals surface area contributed by atoms with Gasteiger partial charge in [-0.25, -0.2) is 4.79 Å². The first-order valence-electron chi connectivity index (χ1n) is 4.37. The molecule has 0 fully saturated rings. The zero-order chi connectivity index (χ0) is 12.5. The van der Waals surface area contributed by atoms with Crippen LogP contribution in [0.25, 0.3) is 0 Å². The first kappa shape index (κ1) is 12.6. The van der Waals surface area contributed by atoms with Crippen LogP contribution in [-0.4, -0.2) is 28.4 Å². The molecule has 0 saturated carbocycles. The zero-order valence-electron chi connectivity index (χ0n) is 8.69. The fraction of sp³-hybridized carbons (Fsp3) is 0.300. The zero-order valence-corrected chi connectivity index (χ0v) is 9.45. The summed E-state index contributed by atoms with van der Waals surface area (Å²) in [7, 11) is 1.28. The van der Waals surface area contributed by atoms with Crippen LogP contribution in [-0.2, 0) is 4.79 Å². The lowest BCUT2D eigenvalue weighted by molar-refractivity contribution is -0.147. The van der Waals surface area contributed by atoms with Gasteiger partial charge in [0, 0.05) is 5.56 Å². The van der Waals surface area contributed by atoms with E-state index in [1.165, 1.54) is 20.1 Å². The molecule has 1 rings (SSSR count). The minimum atomic E-state index is -1.75. The fourth-order valence-corrected chi connectivity index (χ4v) is 1.84. The molecule has 0 spiro atoms. The Morgan fingerprint density at radius 2 is 2.12 bits per heavy atom. The summed E-state index contributed by atoms with van der Waals surface area (Å²) in [5, 5.41) is 27.5. The number of halogens is 1. The third kappa shape index (κ3) is 2.05. The Balaban J connectivity index is 3.45. The summed E-state index contributed by atoms with van der Waals surface area (Å²) in [5.74, 6) is -1.67. The Morgan fingerprint density at radius 1 is 1.56 bits per heavy atom. The van der Waals surface area contributed by atoms with Crippen LogP contribution in [0.4, 0.5) is 0 Å². The molecule has 0 bridgehead atoms. The molecule has 0 aliphatic heterocycles. The van der Waals surface area contributed by atoms with Gasteiger partial charge in [0.1, 0.15) is 0 Å². The maximum atomic E-state index is 10.7. The van der Waals surface area contributed by atoms with Gasteiger partial charge in [0.2, 0.25) is 0 Å². The van der Waals surface area contributed by atoms with Crippen molar-refractivity contribution in [2.24, 2.45) is 0 Å². The summed E-state index contributed by atoms with van der Waals surface area (Å²) in [5.41, 5.74) is 0.391. The van der Waals surface area contributed by atoms with E-state index in [4.69, 9.17) is 21.4 Å². The smallest absolute Gasteiger partial charge is 0.337 e. The number of rotatable bonds is 3. The highest BCUT2D eigenvalue weighted by molar-refractivity contribution is 6.33. The second kappa shape index (κ2) is 4.59. The molecule has 6 heteroatoms. The Kier molecular flexibility index (Phi) is 3.62. The number of aliphatic carboxylic acids is 1. The van der Waals surface area contributed by atoms with Gasteiger partial charge in [0.25, 0.3) is 0 Å². The third-order valence-corrected chi connectivity index (χ3v) is 2.53. The molecule has 0 aliphatic carbocycles. The second-order valence-electron chi connectivity index (χ2n) is 3.21. The average Bonchev–Trinajstić information content (AvgIpc) is 2.17. The number of carboxylic acids is 1. The normalized spacial score (nSPS) is 12.2. The van der Waals surface area contributed by atoms with Crippen LogP contribution in [0, 0.1) is 6.92 Å². The molecule has 1 atom stereocenters. The summed E-state index contributed by atoms with van der Waals surface area (Å²) >= 11 is 5.85. The molecular weight excluding hydrogens is 236 g/mol. The maximum Gasteiger partial charge on any atom is 0.337 e. The number of carboxylic acid groups (broad SMARTS) is 1. The first-order chi connectivity index (χ1) is 7.40. The third-order valence-electron chi connectivity index (χ3n) is 2.16. The number of phenols is 1. The van der Waals surface area contributed by atoms with Gasteiger partial charge in [-0.3, -0.25) is 0 Å². The predicted molar refractivity (Wildman–Crippen MR) is 57.0 cm³/mol. The molecule has 0 heterocycles. The number of ether oxygens (including phenoxy) is 1. The van der Waals surface area contributed by atoms with E-state index >= 15 is 0 Å². The maximum absolute atomic E-state index is 10.7. The molecular formula is C10H11ClO5. The van der Waals surface area contributed by atoms with Crippen molar-refractivity contribution in [1.29, 1.82) is 0 Å². The van der Waals surface area contributed by atoms with Crippen molar-refractivity contribution in [1.82, 2.24) is 0 Å². The molecule has 16 heavy (non-hydrogen) atoms. The summed E-state index contributed by atoms with van der Waals surface area (Å²) in [4.78, 5) is 10.7.